The van der Waals surface area contributed by atoms with E-state index in [4.69, 9.17) is 5.11 Å². The molecule has 0 aromatic carbocycles. The van der Waals surface area contributed by atoms with Gasteiger partial charge in [0.2, 0.25) is 5.91 Å². The number of rotatable bonds is 9. The van der Waals surface area contributed by atoms with Crippen molar-refractivity contribution in [1.29, 1.82) is 0 Å². The number of aliphatic hydroxyl groups excluding tert-OH is 1. The summed E-state index contributed by atoms with van der Waals surface area (Å²) in [5.74, 6) is 0.970. The molecule has 0 aromatic rings. The number of carbonyl (C=O) groups is 1. The average Bonchev–Trinajstić information content (AvgIpc) is 2.40. The second-order valence-corrected chi connectivity index (χ2v) is 6.54. The second-order valence-electron chi connectivity index (χ2n) is 6.54. The van der Waals surface area contributed by atoms with Gasteiger partial charge < -0.3 is 21.1 Å². The van der Waals surface area contributed by atoms with Crippen LogP contribution in [0.15, 0.2) is 4.99 Å². The van der Waals surface area contributed by atoms with Crippen LogP contribution in [0.1, 0.15) is 53.9 Å². The van der Waals surface area contributed by atoms with Crippen molar-refractivity contribution in [3.8, 4) is 0 Å². The van der Waals surface area contributed by atoms with E-state index in [0.29, 0.717) is 11.9 Å². The maximum atomic E-state index is 11.8. The summed E-state index contributed by atoms with van der Waals surface area (Å²) in [7, 11) is 0. The molecule has 0 aliphatic rings. The fraction of sp³-hybridized carbons (Fsp3) is 0.875. The third-order valence-electron chi connectivity index (χ3n) is 3.03. The van der Waals surface area contributed by atoms with E-state index in [0.717, 1.165) is 32.4 Å². The third kappa shape index (κ3) is 11.4. The average molecular weight is 314 g/mol. The first-order valence-electron chi connectivity index (χ1n) is 8.26. The Morgan fingerprint density at radius 2 is 1.86 bits per heavy atom. The van der Waals surface area contributed by atoms with Gasteiger partial charge in [0.1, 0.15) is 6.54 Å². The molecule has 1 unspecified atom stereocenters. The summed E-state index contributed by atoms with van der Waals surface area (Å²) in [6.45, 7) is 11.8. The highest BCUT2D eigenvalue weighted by Crippen LogP contribution is 2.09. The summed E-state index contributed by atoms with van der Waals surface area (Å²) in [5.41, 5.74) is -0.244. The number of nitrogens with one attached hydrogen (secondary N) is 3. The monoisotopic (exact) mass is 314 g/mol. The van der Waals surface area contributed by atoms with Crippen molar-refractivity contribution < 1.29 is 9.90 Å². The van der Waals surface area contributed by atoms with E-state index >= 15 is 0 Å². The second kappa shape index (κ2) is 11.3. The Morgan fingerprint density at radius 1 is 1.18 bits per heavy atom. The highest BCUT2D eigenvalue weighted by molar-refractivity contribution is 5.85. The van der Waals surface area contributed by atoms with E-state index in [1.54, 1.807) is 0 Å². The zero-order valence-corrected chi connectivity index (χ0v) is 14.8. The van der Waals surface area contributed by atoms with E-state index in [-0.39, 0.29) is 24.6 Å². The molecule has 0 rings (SSSR count). The number of aliphatic imine (C=N–C) groups is 1. The lowest BCUT2D eigenvalue weighted by Gasteiger charge is -2.20. The molecule has 0 fully saturated rings. The summed E-state index contributed by atoms with van der Waals surface area (Å²) >= 11 is 0. The lowest BCUT2D eigenvalue weighted by Crippen LogP contribution is -2.43. The Morgan fingerprint density at radius 3 is 2.36 bits per heavy atom. The van der Waals surface area contributed by atoms with Crippen LogP contribution < -0.4 is 16.0 Å². The molecule has 0 saturated heterocycles. The number of hydrogen-bond acceptors (Lipinski definition) is 3. The van der Waals surface area contributed by atoms with Gasteiger partial charge >= 0.3 is 0 Å². The van der Waals surface area contributed by atoms with E-state index in [1.165, 1.54) is 0 Å². The van der Waals surface area contributed by atoms with Gasteiger partial charge in [-0.15, -0.1) is 0 Å². The van der Waals surface area contributed by atoms with Gasteiger partial charge in [-0.1, -0.05) is 13.3 Å². The topological polar surface area (TPSA) is 85.8 Å². The molecule has 4 N–H and O–H groups in total. The minimum Gasteiger partial charge on any atom is -0.396 e. The van der Waals surface area contributed by atoms with Crippen molar-refractivity contribution >= 4 is 11.9 Å². The van der Waals surface area contributed by atoms with Crippen LogP contribution in [0.4, 0.5) is 0 Å². The summed E-state index contributed by atoms with van der Waals surface area (Å²) in [6.07, 6.45) is 2.94. The largest absolute Gasteiger partial charge is 0.396 e. The molecule has 0 bridgehead atoms. The van der Waals surface area contributed by atoms with Crippen LogP contribution in [0, 0.1) is 5.92 Å². The zero-order chi connectivity index (χ0) is 17.0. The Bertz CT molecular complexity index is 332. The highest BCUT2D eigenvalue weighted by Gasteiger charge is 2.13. The number of hydrogen-bond donors (Lipinski definition) is 4. The maximum absolute atomic E-state index is 11.8. The van der Waals surface area contributed by atoms with Crippen LogP contribution in [-0.2, 0) is 4.79 Å². The van der Waals surface area contributed by atoms with Gasteiger partial charge in [0, 0.05) is 25.2 Å². The predicted octanol–water partition coefficient (Wildman–Crippen LogP) is 1.25. The van der Waals surface area contributed by atoms with Gasteiger partial charge in [-0.3, -0.25) is 4.79 Å². The van der Waals surface area contributed by atoms with E-state index < -0.39 is 0 Å². The van der Waals surface area contributed by atoms with Crippen molar-refractivity contribution in [2.24, 2.45) is 10.9 Å². The normalized spacial score (nSPS) is 13.6. The Hall–Kier alpha value is -1.30. The molecule has 1 atom stereocenters. The first-order chi connectivity index (χ1) is 10.3. The fourth-order valence-electron chi connectivity index (χ4n) is 2.13. The highest BCUT2D eigenvalue weighted by atomic mass is 16.3. The molecule has 0 spiro atoms. The van der Waals surface area contributed by atoms with Crippen molar-refractivity contribution in [1.82, 2.24) is 16.0 Å². The van der Waals surface area contributed by atoms with Gasteiger partial charge in [0.25, 0.3) is 0 Å². The predicted molar refractivity (Wildman–Crippen MR) is 92.0 cm³/mol. The molecule has 0 aliphatic carbocycles. The third-order valence-corrected chi connectivity index (χ3v) is 3.03. The van der Waals surface area contributed by atoms with Crippen LogP contribution in [0.3, 0.4) is 0 Å². The van der Waals surface area contributed by atoms with E-state index in [2.05, 4.69) is 27.9 Å². The molecular weight excluding hydrogens is 280 g/mol. The van der Waals surface area contributed by atoms with Gasteiger partial charge in [-0.05, 0) is 46.5 Å². The first kappa shape index (κ1) is 20.7. The maximum Gasteiger partial charge on any atom is 0.242 e. The molecule has 0 heterocycles. The summed E-state index contributed by atoms with van der Waals surface area (Å²) < 4.78 is 0. The number of amides is 1. The molecular formula is C16H34N4O2. The molecule has 130 valence electrons. The van der Waals surface area contributed by atoms with E-state index in [9.17, 15) is 4.79 Å². The minimum atomic E-state index is -0.244. The van der Waals surface area contributed by atoms with Crippen LogP contribution >= 0.6 is 0 Å². The SMILES string of the molecule is CCCC(CCO)CNC(=NCC(=O)NC(C)(C)C)NCC. The quantitative estimate of drug-likeness (QED) is 0.381. The molecule has 0 radical (unpaired) electrons. The van der Waals surface area contributed by atoms with Gasteiger partial charge in [0.15, 0.2) is 5.96 Å². The molecule has 1 amide bonds. The smallest absolute Gasteiger partial charge is 0.242 e. The molecule has 0 saturated carbocycles. The van der Waals surface area contributed by atoms with E-state index in [1.807, 2.05) is 27.7 Å². The van der Waals surface area contributed by atoms with Crippen molar-refractivity contribution in [2.75, 3.05) is 26.2 Å². The summed E-state index contributed by atoms with van der Waals surface area (Å²) in [4.78, 5) is 16.1. The standard InChI is InChI=1S/C16H34N4O2/c1-6-8-13(9-10-21)11-18-15(17-7-2)19-12-14(22)20-16(3,4)5/h13,21H,6-12H2,1-5H3,(H,20,22)(H2,17,18,19). The van der Waals surface area contributed by atoms with Gasteiger partial charge in [-0.2, -0.15) is 0 Å². The minimum absolute atomic E-state index is 0.0924. The number of nitrogens with zero attached hydrogens (tertiary/aromatic N) is 1. The number of carbonyl (C=O) groups excluding carboxylic acids is 1. The van der Waals surface area contributed by atoms with Crippen molar-refractivity contribution in [3.05, 3.63) is 0 Å². The molecule has 6 heteroatoms. The van der Waals surface area contributed by atoms with Crippen LogP contribution in [0.5, 0.6) is 0 Å². The zero-order valence-electron chi connectivity index (χ0n) is 14.8. The molecule has 6 nitrogen and oxygen atoms in total. The first-order valence-corrected chi connectivity index (χ1v) is 8.26. The summed E-state index contributed by atoms with van der Waals surface area (Å²) in [6, 6.07) is 0. The van der Waals surface area contributed by atoms with Crippen LogP contribution in [0.25, 0.3) is 0 Å². The molecule has 0 aliphatic heterocycles. The van der Waals surface area contributed by atoms with Gasteiger partial charge in [-0.25, -0.2) is 4.99 Å². The summed E-state index contributed by atoms with van der Waals surface area (Å²) in [5, 5.41) is 18.4. The number of aliphatic hydroxyl groups is 1. The lowest BCUT2D eigenvalue weighted by atomic mass is 10.0. The van der Waals surface area contributed by atoms with Gasteiger partial charge in [0.05, 0.1) is 0 Å². The Labute approximate surface area is 135 Å². The Balaban J connectivity index is 4.44. The van der Waals surface area contributed by atoms with Crippen LogP contribution in [0.2, 0.25) is 0 Å². The lowest BCUT2D eigenvalue weighted by molar-refractivity contribution is -0.121. The fourth-order valence-corrected chi connectivity index (χ4v) is 2.13. The van der Waals surface area contributed by atoms with Crippen molar-refractivity contribution in [3.63, 3.8) is 0 Å². The van der Waals surface area contributed by atoms with Crippen LogP contribution in [-0.4, -0.2) is 48.8 Å². The Kier molecular flexibility index (Phi) is 10.6. The number of guanidine groups is 1. The molecule has 0 aromatic heterocycles. The molecule has 22 heavy (non-hydrogen) atoms. The van der Waals surface area contributed by atoms with Crippen molar-refractivity contribution in [2.45, 2.75) is 59.4 Å².